The van der Waals surface area contributed by atoms with Crippen molar-refractivity contribution in [3.8, 4) is 6.07 Å². The van der Waals surface area contributed by atoms with Gasteiger partial charge in [-0.15, -0.1) is 0 Å². The van der Waals surface area contributed by atoms with Gasteiger partial charge >= 0.3 is 5.97 Å². The van der Waals surface area contributed by atoms with Crippen LogP contribution < -0.4 is 0 Å². The first kappa shape index (κ1) is 11.2. The lowest BCUT2D eigenvalue weighted by atomic mass is 10.1. The molecule has 0 aliphatic heterocycles. The summed E-state index contributed by atoms with van der Waals surface area (Å²) in [6.07, 6.45) is 3.27. The Bertz CT molecular complexity index is 593. The fraction of sp³-hybridized carbons (Fsp3) is 0.231. The highest BCUT2D eigenvalue weighted by Gasteiger charge is 2.06. The molecule has 4 heteroatoms. The van der Waals surface area contributed by atoms with E-state index in [1.165, 1.54) is 0 Å². The Morgan fingerprint density at radius 1 is 1.41 bits per heavy atom. The Kier molecular flexibility index (Phi) is 3.10. The van der Waals surface area contributed by atoms with Crippen LogP contribution in [0.2, 0.25) is 0 Å². The van der Waals surface area contributed by atoms with E-state index in [0.717, 1.165) is 23.9 Å². The van der Waals surface area contributed by atoms with Gasteiger partial charge in [0.1, 0.15) is 0 Å². The molecule has 17 heavy (non-hydrogen) atoms. The second kappa shape index (κ2) is 4.71. The van der Waals surface area contributed by atoms with E-state index in [-0.39, 0.29) is 0 Å². The van der Waals surface area contributed by atoms with Crippen LogP contribution in [0.4, 0.5) is 0 Å². The van der Waals surface area contributed by atoms with Crippen molar-refractivity contribution in [3.05, 3.63) is 36.0 Å². The number of benzene rings is 1. The summed E-state index contributed by atoms with van der Waals surface area (Å²) in [6, 6.07) is 9.09. The van der Waals surface area contributed by atoms with E-state index >= 15 is 0 Å². The summed E-state index contributed by atoms with van der Waals surface area (Å²) < 4.78 is 2.04. The highest BCUT2D eigenvalue weighted by molar-refractivity contribution is 5.93. The summed E-state index contributed by atoms with van der Waals surface area (Å²) >= 11 is 0. The summed E-state index contributed by atoms with van der Waals surface area (Å²) in [7, 11) is 0. The summed E-state index contributed by atoms with van der Waals surface area (Å²) in [4.78, 5) is 10.8. The number of aromatic carboxylic acids is 1. The molecule has 0 bridgehead atoms. The maximum absolute atomic E-state index is 10.8. The number of rotatable bonds is 4. The lowest BCUT2D eigenvalue weighted by Gasteiger charge is -2.03. The first-order valence-electron chi connectivity index (χ1n) is 5.41. The van der Waals surface area contributed by atoms with Crippen LogP contribution in [0.15, 0.2) is 30.5 Å². The number of fused-ring (bicyclic) bond motifs is 1. The van der Waals surface area contributed by atoms with Crippen LogP contribution in [0.1, 0.15) is 23.2 Å². The van der Waals surface area contributed by atoms with Crippen LogP contribution in [0.3, 0.4) is 0 Å². The molecule has 0 aliphatic rings. The predicted octanol–water partition coefficient (Wildman–Crippen LogP) is 2.64. The van der Waals surface area contributed by atoms with E-state index in [9.17, 15) is 4.79 Å². The Morgan fingerprint density at radius 2 is 2.24 bits per heavy atom. The van der Waals surface area contributed by atoms with Crippen molar-refractivity contribution in [1.29, 1.82) is 5.26 Å². The maximum atomic E-state index is 10.8. The quantitative estimate of drug-likeness (QED) is 0.818. The van der Waals surface area contributed by atoms with Gasteiger partial charge in [0.2, 0.25) is 0 Å². The van der Waals surface area contributed by atoms with Crippen LogP contribution in [0, 0.1) is 11.3 Å². The van der Waals surface area contributed by atoms with Gasteiger partial charge in [0.05, 0.1) is 11.6 Å². The first-order chi connectivity index (χ1) is 8.22. The molecule has 2 aromatic rings. The third-order valence-corrected chi connectivity index (χ3v) is 2.71. The Hall–Kier alpha value is -2.28. The first-order valence-corrected chi connectivity index (χ1v) is 5.41. The van der Waals surface area contributed by atoms with Crippen molar-refractivity contribution >= 4 is 16.9 Å². The minimum atomic E-state index is -0.913. The molecule has 1 aromatic carbocycles. The van der Waals surface area contributed by atoms with Gasteiger partial charge in [0.15, 0.2) is 0 Å². The molecule has 4 nitrogen and oxygen atoms in total. The zero-order valence-corrected chi connectivity index (χ0v) is 9.26. The topological polar surface area (TPSA) is 66.0 Å². The van der Waals surface area contributed by atoms with Crippen LogP contribution in [-0.2, 0) is 6.54 Å². The van der Waals surface area contributed by atoms with Gasteiger partial charge in [0.25, 0.3) is 0 Å². The van der Waals surface area contributed by atoms with Gasteiger partial charge in [-0.1, -0.05) is 0 Å². The van der Waals surface area contributed by atoms with Crippen molar-refractivity contribution in [2.75, 3.05) is 0 Å². The fourth-order valence-corrected chi connectivity index (χ4v) is 1.86. The predicted molar refractivity (Wildman–Crippen MR) is 63.7 cm³/mol. The molecule has 0 saturated heterocycles. The summed E-state index contributed by atoms with van der Waals surface area (Å²) in [5.41, 5.74) is 1.31. The van der Waals surface area contributed by atoms with E-state index in [1.54, 1.807) is 12.1 Å². The number of carbonyl (C=O) groups is 1. The highest BCUT2D eigenvalue weighted by Crippen LogP contribution is 2.18. The average molecular weight is 228 g/mol. The monoisotopic (exact) mass is 228 g/mol. The zero-order valence-electron chi connectivity index (χ0n) is 9.26. The van der Waals surface area contributed by atoms with Gasteiger partial charge in [-0.25, -0.2) is 4.79 Å². The molecule has 2 rings (SSSR count). The van der Waals surface area contributed by atoms with Crippen molar-refractivity contribution in [1.82, 2.24) is 4.57 Å². The molecule has 0 saturated carbocycles. The Balaban J connectivity index is 2.29. The number of hydrogen-bond donors (Lipinski definition) is 1. The van der Waals surface area contributed by atoms with Gasteiger partial charge in [-0.2, -0.15) is 5.26 Å². The standard InChI is InChI=1S/C13H12N2O2/c14-6-1-2-7-15-8-5-10-9-11(13(16)17)3-4-12(10)15/h3-5,8-9H,1-2,7H2,(H,16,17). The lowest BCUT2D eigenvalue weighted by Crippen LogP contribution is -1.97. The second-order valence-electron chi connectivity index (χ2n) is 3.85. The minimum absolute atomic E-state index is 0.298. The van der Waals surface area contributed by atoms with E-state index in [0.29, 0.717) is 12.0 Å². The smallest absolute Gasteiger partial charge is 0.335 e. The normalized spacial score (nSPS) is 10.3. The van der Waals surface area contributed by atoms with E-state index < -0.39 is 5.97 Å². The lowest BCUT2D eigenvalue weighted by molar-refractivity contribution is 0.0697. The number of hydrogen-bond acceptors (Lipinski definition) is 2. The van der Waals surface area contributed by atoms with Crippen LogP contribution >= 0.6 is 0 Å². The molecule has 0 amide bonds. The number of carboxylic acids is 1. The molecule has 1 N–H and O–H groups in total. The number of carboxylic acid groups (broad SMARTS) is 1. The SMILES string of the molecule is N#CCCCn1ccc2cc(C(=O)O)ccc21. The van der Waals surface area contributed by atoms with Crippen molar-refractivity contribution in [2.24, 2.45) is 0 Å². The summed E-state index contributed by atoms with van der Waals surface area (Å²) in [5, 5.41) is 18.3. The molecule has 0 spiro atoms. The van der Waals surface area contributed by atoms with Crippen LogP contribution in [0.25, 0.3) is 10.9 Å². The average Bonchev–Trinajstić information content (AvgIpc) is 2.72. The van der Waals surface area contributed by atoms with Crippen molar-refractivity contribution < 1.29 is 9.90 Å². The second-order valence-corrected chi connectivity index (χ2v) is 3.85. The molecule has 0 unspecified atom stereocenters. The van der Waals surface area contributed by atoms with Crippen LogP contribution in [0.5, 0.6) is 0 Å². The van der Waals surface area contributed by atoms with Gasteiger partial charge in [-0.05, 0) is 30.7 Å². The third kappa shape index (κ3) is 2.28. The molecule has 1 aromatic heterocycles. The number of nitrogens with zero attached hydrogens (tertiary/aromatic N) is 2. The Morgan fingerprint density at radius 3 is 2.94 bits per heavy atom. The highest BCUT2D eigenvalue weighted by atomic mass is 16.4. The molecule has 86 valence electrons. The van der Waals surface area contributed by atoms with E-state index in [4.69, 9.17) is 10.4 Å². The largest absolute Gasteiger partial charge is 0.478 e. The molecule has 0 fully saturated rings. The molecule has 0 radical (unpaired) electrons. The van der Waals surface area contributed by atoms with Gasteiger partial charge in [0, 0.05) is 30.1 Å². The van der Waals surface area contributed by atoms with Crippen molar-refractivity contribution in [3.63, 3.8) is 0 Å². The number of unbranched alkanes of at least 4 members (excludes halogenated alkanes) is 1. The third-order valence-electron chi connectivity index (χ3n) is 2.71. The summed E-state index contributed by atoms with van der Waals surface area (Å²) in [5.74, 6) is -0.913. The zero-order chi connectivity index (χ0) is 12.3. The van der Waals surface area contributed by atoms with Gasteiger partial charge < -0.3 is 9.67 Å². The Labute approximate surface area is 98.7 Å². The van der Waals surface area contributed by atoms with E-state index in [2.05, 4.69) is 6.07 Å². The van der Waals surface area contributed by atoms with Gasteiger partial charge in [-0.3, -0.25) is 0 Å². The number of aromatic nitrogens is 1. The number of aryl methyl sites for hydroxylation is 1. The molecule has 1 heterocycles. The van der Waals surface area contributed by atoms with Crippen LogP contribution in [-0.4, -0.2) is 15.6 Å². The molecule has 0 atom stereocenters. The molecular formula is C13H12N2O2. The van der Waals surface area contributed by atoms with E-state index in [1.807, 2.05) is 22.9 Å². The number of nitriles is 1. The molecular weight excluding hydrogens is 216 g/mol. The maximum Gasteiger partial charge on any atom is 0.335 e. The summed E-state index contributed by atoms with van der Waals surface area (Å²) in [6.45, 7) is 0.781. The fourth-order valence-electron chi connectivity index (χ4n) is 1.86. The van der Waals surface area contributed by atoms with Crippen molar-refractivity contribution in [2.45, 2.75) is 19.4 Å². The minimum Gasteiger partial charge on any atom is -0.478 e. The molecule has 0 aliphatic carbocycles.